The van der Waals surface area contributed by atoms with Crippen LogP contribution < -0.4 is 4.74 Å². The van der Waals surface area contributed by atoms with Gasteiger partial charge in [-0.1, -0.05) is 45.9 Å². The highest BCUT2D eigenvalue weighted by Gasteiger charge is 2.27. The van der Waals surface area contributed by atoms with Gasteiger partial charge >= 0.3 is 0 Å². The van der Waals surface area contributed by atoms with E-state index in [1.807, 2.05) is 12.1 Å². The van der Waals surface area contributed by atoms with Gasteiger partial charge in [0.05, 0.1) is 4.90 Å². The molecule has 1 aromatic rings. The molecule has 0 fully saturated rings. The number of phenols is 1. The van der Waals surface area contributed by atoms with Gasteiger partial charge in [0.1, 0.15) is 16.9 Å². The van der Waals surface area contributed by atoms with Crippen LogP contribution in [0.15, 0.2) is 17.0 Å². The molecule has 0 amide bonds. The van der Waals surface area contributed by atoms with Crippen molar-refractivity contribution in [2.45, 2.75) is 56.3 Å². The van der Waals surface area contributed by atoms with Gasteiger partial charge in [0.2, 0.25) is 0 Å². The molecule has 0 radical (unpaired) electrons. The summed E-state index contributed by atoms with van der Waals surface area (Å²) in [6.45, 7) is 8.45. The minimum absolute atomic E-state index is 0.0595. The molecule has 1 N–H and O–H groups in total. The van der Waals surface area contributed by atoms with Crippen molar-refractivity contribution < 1.29 is 9.84 Å². The molecule has 0 spiro atoms. The Bertz CT molecular complexity index is 421. The van der Waals surface area contributed by atoms with E-state index in [0.717, 1.165) is 29.1 Å². The van der Waals surface area contributed by atoms with Crippen molar-refractivity contribution in [3.8, 4) is 11.5 Å². The van der Waals surface area contributed by atoms with Crippen LogP contribution >= 0.6 is 11.8 Å². The van der Waals surface area contributed by atoms with E-state index in [1.54, 1.807) is 11.8 Å². The third-order valence-electron chi connectivity index (χ3n) is 2.91. The monoisotopic (exact) mass is 252 g/mol. The molecule has 1 unspecified atom stereocenters. The third kappa shape index (κ3) is 2.54. The lowest BCUT2D eigenvalue weighted by atomic mass is 9.86. The maximum atomic E-state index is 10.1. The first-order chi connectivity index (χ1) is 7.91. The first-order valence-corrected chi connectivity index (χ1v) is 7.00. The maximum absolute atomic E-state index is 10.1. The van der Waals surface area contributed by atoms with Crippen molar-refractivity contribution in [3.63, 3.8) is 0 Å². The first-order valence-electron chi connectivity index (χ1n) is 6.12. The largest absolute Gasteiger partial charge is 0.508 e. The molecule has 3 heteroatoms. The highest BCUT2D eigenvalue weighted by Crippen LogP contribution is 2.47. The van der Waals surface area contributed by atoms with Crippen LogP contribution in [0.5, 0.6) is 11.5 Å². The number of phenolic OH excluding ortho intramolecular Hbond substituents is 1. The molecule has 2 rings (SSSR count). The van der Waals surface area contributed by atoms with E-state index >= 15 is 0 Å². The lowest BCUT2D eigenvalue weighted by Crippen LogP contribution is -2.11. The molecule has 0 saturated heterocycles. The smallest absolute Gasteiger partial charge is 0.149 e. The molecule has 0 bridgehead atoms. The van der Waals surface area contributed by atoms with Crippen LogP contribution in [0.2, 0.25) is 0 Å². The van der Waals surface area contributed by atoms with Crippen molar-refractivity contribution in [1.82, 2.24) is 0 Å². The number of benzene rings is 1. The van der Waals surface area contributed by atoms with E-state index in [2.05, 4.69) is 27.7 Å². The predicted molar refractivity (Wildman–Crippen MR) is 72.0 cm³/mol. The van der Waals surface area contributed by atoms with Gasteiger partial charge in [-0.05, 0) is 24.0 Å². The Morgan fingerprint density at radius 1 is 1.35 bits per heavy atom. The summed E-state index contributed by atoms with van der Waals surface area (Å²) in [5, 5.41) is 10.1. The zero-order valence-corrected chi connectivity index (χ0v) is 11.7. The summed E-state index contributed by atoms with van der Waals surface area (Å²) in [7, 11) is 0. The molecule has 1 aliphatic rings. The molecular weight excluding hydrogens is 232 g/mol. The van der Waals surface area contributed by atoms with E-state index in [4.69, 9.17) is 4.74 Å². The van der Waals surface area contributed by atoms with Gasteiger partial charge in [0.25, 0.3) is 0 Å². The van der Waals surface area contributed by atoms with E-state index in [1.165, 1.54) is 0 Å². The summed E-state index contributed by atoms with van der Waals surface area (Å²) < 4.78 is 5.89. The lowest BCUT2D eigenvalue weighted by molar-refractivity contribution is 0.281. The molecule has 0 aliphatic carbocycles. The zero-order chi connectivity index (χ0) is 12.6. The summed E-state index contributed by atoms with van der Waals surface area (Å²) in [6.07, 6.45) is 2.16. The summed E-state index contributed by atoms with van der Waals surface area (Å²) >= 11 is 1.71. The van der Waals surface area contributed by atoms with Crippen molar-refractivity contribution in [1.29, 1.82) is 0 Å². The van der Waals surface area contributed by atoms with Crippen molar-refractivity contribution in [2.24, 2.45) is 0 Å². The minimum atomic E-state index is -0.0595. The second kappa shape index (κ2) is 4.45. The van der Waals surface area contributed by atoms with Crippen LogP contribution in [-0.2, 0) is 5.41 Å². The quantitative estimate of drug-likeness (QED) is 0.851. The van der Waals surface area contributed by atoms with E-state index < -0.39 is 0 Å². The standard InChI is InChI=1S/C14H20O2S/c1-5-6-13-16-11-7-9(14(2,3)4)10(15)8-12(11)17-13/h7-8,13,15H,5-6H2,1-4H3. The fourth-order valence-electron chi connectivity index (χ4n) is 1.99. The summed E-state index contributed by atoms with van der Waals surface area (Å²) in [5.41, 5.74) is 1.11. The Kier molecular flexibility index (Phi) is 3.30. The highest BCUT2D eigenvalue weighted by atomic mass is 32.2. The predicted octanol–water partition coefficient (Wildman–Crippen LogP) is 4.30. The van der Waals surface area contributed by atoms with Gasteiger partial charge < -0.3 is 9.84 Å². The first kappa shape index (κ1) is 12.6. The Hall–Kier alpha value is -0.830. The number of aromatic hydroxyl groups is 1. The van der Waals surface area contributed by atoms with Gasteiger partial charge in [-0.25, -0.2) is 0 Å². The molecule has 1 aromatic carbocycles. The van der Waals surface area contributed by atoms with E-state index in [9.17, 15) is 5.11 Å². The molecule has 1 heterocycles. The fraction of sp³-hybridized carbons (Fsp3) is 0.571. The Balaban J connectivity index is 2.31. The molecule has 1 aliphatic heterocycles. The maximum Gasteiger partial charge on any atom is 0.149 e. The second-order valence-electron chi connectivity index (χ2n) is 5.52. The van der Waals surface area contributed by atoms with Gasteiger partial charge in [0.15, 0.2) is 0 Å². The summed E-state index contributed by atoms with van der Waals surface area (Å²) in [4.78, 5) is 1.06. The van der Waals surface area contributed by atoms with Crippen LogP contribution in [0.3, 0.4) is 0 Å². The zero-order valence-electron chi connectivity index (χ0n) is 10.9. The van der Waals surface area contributed by atoms with Gasteiger partial charge in [0, 0.05) is 5.56 Å². The lowest BCUT2D eigenvalue weighted by Gasteiger charge is -2.20. The van der Waals surface area contributed by atoms with Gasteiger partial charge in [-0.15, -0.1) is 0 Å². The van der Waals surface area contributed by atoms with E-state index in [0.29, 0.717) is 5.75 Å². The Morgan fingerprint density at radius 2 is 2.06 bits per heavy atom. The molecule has 94 valence electrons. The van der Waals surface area contributed by atoms with Gasteiger partial charge in [-0.2, -0.15) is 0 Å². The SMILES string of the molecule is CCCC1Oc2cc(C(C)(C)C)c(O)cc2S1. The molecule has 0 aromatic heterocycles. The summed E-state index contributed by atoms with van der Waals surface area (Å²) in [6, 6.07) is 3.84. The van der Waals surface area contributed by atoms with E-state index in [-0.39, 0.29) is 10.9 Å². The number of thioether (sulfide) groups is 1. The van der Waals surface area contributed by atoms with Crippen molar-refractivity contribution in [3.05, 3.63) is 17.7 Å². The van der Waals surface area contributed by atoms with Crippen LogP contribution in [0, 0.1) is 0 Å². The minimum Gasteiger partial charge on any atom is -0.508 e. The molecule has 17 heavy (non-hydrogen) atoms. The Morgan fingerprint density at radius 3 is 2.65 bits per heavy atom. The number of hydrogen-bond acceptors (Lipinski definition) is 3. The van der Waals surface area contributed by atoms with Crippen molar-refractivity contribution in [2.75, 3.05) is 0 Å². The second-order valence-corrected chi connectivity index (χ2v) is 6.72. The van der Waals surface area contributed by atoms with Crippen molar-refractivity contribution >= 4 is 11.8 Å². The Labute approximate surface area is 107 Å². The number of hydrogen-bond donors (Lipinski definition) is 1. The third-order valence-corrected chi connectivity index (χ3v) is 4.08. The normalized spacial score (nSPS) is 18.9. The molecular formula is C14H20O2S. The molecule has 2 nitrogen and oxygen atoms in total. The van der Waals surface area contributed by atoms with Crippen LogP contribution in [0.4, 0.5) is 0 Å². The topological polar surface area (TPSA) is 29.5 Å². The summed E-state index contributed by atoms with van der Waals surface area (Å²) in [5.74, 6) is 1.31. The molecule has 0 saturated carbocycles. The van der Waals surface area contributed by atoms with Crippen LogP contribution in [0.25, 0.3) is 0 Å². The average Bonchev–Trinajstić information content (AvgIpc) is 2.57. The molecule has 1 atom stereocenters. The number of ether oxygens (including phenoxy) is 1. The van der Waals surface area contributed by atoms with Gasteiger partial charge in [-0.3, -0.25) is 0 Å². The average molecular weight is 252 g/mol. The highest BCUT2D eigenvalue weighted by molar-refractivity contribution is 8.00. The number of rotatable bonds is 2. The van der Waals surface area contributed by atoms with Crippen LogP contribution in [0.1, 0.15) is 46.1 Å². The fourth-order valence-corrected chi connectivity index (χ4v) is 3.19. The van der Waals surface area contributed by atoms with Crippen LogP contribution in [-0.4, -0.2) is 10.5 Å². The number of fused-ring (bicyclic) bond motifs is 1.